The van der Waals surface area contributed by atoms with Crippen LogP contribution in [-0.4, -0.2) is 66.2 Å². The molecule has 2 heterocycles. The third-order valence-corrected chi connectivity index (χ3v) is 8.66. The molecule has 9 heteroatoms. The van der Waals surface area contributed by atoms with Crippen molar-refractivity contribution in [3.05, 3.63) is 40.4 Å². The average molecular weight is 491 g/mol. The van der Waals surface area contributed by atoms with E-state index in [1.807, 2.05) is 45.9 Å². The third-order valence-electron chi connectivity index (χ3n) is 6.22. The Kier molecular flexibility index (Phi) is 7.45. The van der Waals surface area contributed by atoms with Crippen LogP contribution >= 0.6 is 11.8 Å². The second-order valence-electron chi connectivity index (χ2n) is 9.54. The van der Waals surface area contributed by atoms with Crippen molar-refractivity contribution >= 4 is 37.9 Å². The molecule has 0 spiro atoms. The number of benzene rings is 1. The van der Waals surface area contributed by atoms with Crippen molar-refractivity contribution in [1.82, 2.24) is 9.80 Å². The maximum Gasteiger partial charge on any atom is 0.353 e. The van der Waals surface area contributed by atoms with Crippen LogP contribution in [0.4, 0.5) is 0 Å². The summed E-state index contributed by atoms with van der Waals surface area (Å²) < 4.78 is 6.19. The molecule has 33 heavy (non-hydrogen) atoms. The molecule has 0 aromatic heterocycles. The SMILES string of the molecule is CCN(CC)C(=O)c1ccccc1SC1=C(C(=O)O)N2C(=O)[C@H](C(C)O[Si](C)(C)C)[C@H]2[C@H]1C. The van der Waals surface area contributed by atoms with Crippen LogP contribution in [0.3, 0.4) is 0 Å². The first-order valence-corrected chi connectivity index (χ1v) is 15.7. The van der Waals surface area contributed by atoms with Crippen molar-refractivity contribution in [2.45, 2.75) is 64.4 Å². The number of nitrogens with zero attached hydrogens (tertiary/aromatic N) is 2. The van der Waals surface area contributed by atoms with E-state index in [0.717, 1.165) is 0 Å². The Labute approximate surface area is 201 Å². The zero-order valence-corrected chi connectivity index (χ0v) is 22.2. The number of hydrogen-bond donors (Lipinski definition) is 1. The quantitative estimate of drug-likeness (QED) is 0.411. The van der Waals surface area contributed by atoms with E-state index in [2.05, 4.69) is 19.6 Å². The maximum absolute atomic E-state index is 13.1. The lowest BCUT2D eigenvalue weighted by molar-refractivity contribution is -0.162. The summed E-state index contributed by atoms with van der Waals surface area (Å²) in [6.07, 6.45) is -0.274. The van der Waals surface area contributed by atoms with Crippen LogP contribution in [0.5, 0.6) is 0 Å². The lowest BCUT2D eigenvalue weighted by Crippen LogP contribution is -2.64. The second-order valence-corrected chi connectivity index (χ2v) is 15.1. The van der Waals surface area contributed by atoms with Gasteiger partial charge in [0.2, 0.25) is 5.91 Å². The lowest BCUT2D eigenvalue weighted by atomic mass is 9.79. The van der Waals surface area contributed by atoms with Gasteiger partial charge in [-0.3, -0.25) is 9.59 Å². The van der Waals surface area contributed by atoms with Crippen molar-refractivity contribution in [3.8, 4) is 0 Å². The van der Waals surface area contributed by atoms with Gasteiger partial charge < -0.3 is 19.3 Å². The average Bonchev–Trinajstić information content (AvgIpc) is 2.96. The molecular formula is C24H34N2O5SSi. The van der Waals surface area contributed by atoms with Crippen LogP contribution in [0.1, 0.15) is 38.1 Å². The summed E-state index contributed by atoms with van der Waals surface area (Å²) in [6.45, 7) is 15.2. The normalized spacial score (nSPS) is 23.3. The van der Waals surface area contributed by atoms with E-state index < -0.39 is 14.3 Å². The van der Waals surface area contributed by atoms with Crippen molar-refractivity contribution in [2.75, 3.05) is 13.1 Å². The highest BCUT2D eigenvalue weighted by Gasteiger charge is 2.60. The van der Waals surface area contributed by atoms with Gasteiger partial charge in [0.1, 0.15) is 5.70 Å². The van der Waals surface area contributed by atoms with E-state index in [-0.39, 0.29) is 41.5 Å². The van der Waals surface area contributed by atoms with Crippen molar-refractivity contribution in [2.24, 2.45) is 11.8 Å². The molecule has 0 aliphatic carbocycles. The highest BCUT2D eigenvalue weighted by Crippen LogP contribution is 2.52. The number of β-lactam (4-membered cyclic amide) rings is 1. The fourth-order valence-electron chi connectivity index (χ4n) is 4.81. The minimum atomic E-state index is -1.86. The predicted molar refractivity (Wildman–Crippen MR) is 131 cm³/mol. The highest BCUT2D eigenvalue weighted by molar-refractivity contribution is 8.03. The monoisotopic (exact) mass is 490 g/mol. The van der Waals surface area contributed by atoms with Gasteiger partial charge in [0.15, 0.2) is 8.32 Å². The number of hydrogen-bond acceptors (Lipinski definition) is 5. The van der Waals surface area contributed by atoms with E-state index in [9.17, 15) is 19.5 Å². The Hall–Kier alpha value is -2.10. The third kappa shape index (κ3) is 4.76. The number of aliphatic carboxylic acids is 1. The molecule has 4 atom stereocenters. The van der Waals surface area contributed by atoms with Crippen molar-refractivity contribution < 1.29 is 23.9 Å². The van der Waals surface area contributed by atoms with E-state index in [1.165, 1.54) is 16.7 Å². The number of thioether (sulfide) groups is 1. The summed E-state index contributed by atoms with van der Waals surface area (Å²) in [6, 6.07) is 7.02. The molecule has 0 radical (unpaired) electrons. The van der Waals surface area contributed by atoms with Crippen LogP contribution in [0.25, 0.3) is 0 Å². The molecule has 180 valence electrons. The predicted octanol–water partition coefficient (Wildman–Crippen LogP) is 4.27. The van der Waals surface area contributed by atoms with Gasteiger partial charge in [-0.15, -0.1) is 0 Å². The standard InChI is InChI=1S/C24H34N2O5SSi/c1-8-25(9-2)22(27)16-12-10-11-13-17(16)32-21-14(3)19-18(15(4)31-33(5,6)7)23(28)26(19)20(21)24(29)30/h10-15,18-19H,8-9H2,1-7H3,(H,29,30)/t14-,15?,18-,19-/m1/s1. The molecule has 0 bridgehead atoms. The molecular weight excluding hydrogens is 456 g/mol. The van der Waals surface area contributed by atoms with E-state index in [1.54, 1.807) is 11.0 Å². The van der Waals surface area contributed by atoms with Crippen LogP contribution in [-0.2, 0) is 14.0 Å². The molecule has 1 N–H and O–H groups in total. The summed E-state index contributed by atoms with van der Waals surface area (Å²) in [5.41, 5.74) is 0.576. The Bertz CT molecular complexity index is 985. The number of amides is 2. The second kappa shape index (κ2) is 9.64. The Morgan fingerprint density at radius 3 is 2.36 bits per heavy atom. The molecule has 2 amide bonds. The van der Waals surface area contributed by atoms with Gasteiger partial charge in [0.25, 0.3) is 5.91 Å². The van der Waals surface area contributed by atoms with Crippen molar-refractivity contribution in [1.29, 1.82) is 0 Å². The van der Waals surface area contributed by atoms with Crippen LogP contribution < -0.4 is 0 Å². The molecule has 2 aliphatic rings. The summed E-state index contributed by atoms with van der Waals surface area (Å²) in [7, 11) is -1.86. The van der Waals surface area contributed by atoms with E-state index in [0.29, 0.717) is 28.5 Å². The van der Waals surface area contributed by atoms with Crippen LogP contribution in [0.15, 0.2) is 39.8 Å². The van der Waals surface area contributed by atoms with Crippen LogP contribution in [0.2, 0.25) is 19.6 Å². The summed E-state index contributed by atoms with van der Waals surface area (Å²) in [5, 5.41) is 10.0. The number of carbonyl (C=O) groups excluding carboxylic acids is 2. The Morgan fingerprint density at radius 2 is 1.82 bits per heavy atom. The van der Waals surface area contributed by atoms with Crippen molar-refractivity contribution in [3.63, 3.8) is 0 Å². The highest BCUT2D eigenvalue weighted by atomic mass is 32.2. The number of fused-ring (bicyclic) bond motifs is 1. The molecule has 2 aliphatic heterocycles. The van der Waals surface area contributed by atoms with Gasteiger partial charge in [-0.1, -0.05) is 30.8 Å². The number of carboxylic acids is 1. The van der Waals surface area contributed by atoms with Gasteiger partial charge in [-0.2, -0.15) is 0 Å². The first kappa shape index (κ1) is 25.5. The minimum absolute atomic E-state index is 0.0315. The molecule has 1 saturated heterocycles. The smallest absolute Gasteiger partial charge is 0.353 e. The van der Waals surface area contributed by atoms with Crippen LogP contribution in [0, 0.1) is 11.8 Å². The Balaban J connectivity index is 1.95. The zero-order valence-electron chi connectivity index (χ0n) is 20.4. The Morgan fingerprint density at radius 1 is 1.21 bits per heavy atom. The number of carboxylic acid groups (broad SMARTS) is 1. The molecule has 1 unspecified atom stereocenters. The number of carbonyl (C=O) groups is 3. The molecule has 3 rings (SSSR count). The van der Waals surface area contributed by atoms with Gasteiger partial charge >= 0.3 is 5.97 Å². The van der Waals surface area contributed by atoms with E-state index >= 15 is 0 Å². The molecule has 7 nitrogen and oxygen atoms in total. The molecule has 1 aromatic rings. The zero-order chi connectivity index (χ0) is 24.7. The first-order valence-electron chi connectivity index (χ1n) is 11.5. The largest absolute Gasteiger partial charge is 0.477 e. The van der Waals surface area contributed by atoms with Gasteiger partial charge in [-0.05, 0) is 52.5 Å². The van der Waals surface area contributed by atoms with E-state index in [4.69, 9.17) is 4.43 Å². The molecule has 1 fully saturated rings. The maximum atomic E-state index is 13.1. The summed E-state index contributed by atoms with van der Waals surface area (Å²) in [4.78, 5) is 42.9. The summed E-state index contributed by atoms with van der Waals surface area (Å²) >= 11 is 1.29. The fraction of sp³-hybridized carbons (Fsp3) is 0.542. The minimum Gasteiger partial charge on any atom is -0.477 e. The van der Waals surface area contributed by atoms with Gasteiger partial charge in [0, 0.05) is 28.8 Å². The lowest BCUT2D eigenvalue weighted by Gasteiger charge is -2.48. The topological polar surface area (TPSA) is 87.2 Å². The van der Waals surface area contributed by atoms with Gasteiger partial charge in [-0.25, -0.2) is 4.79 Å². The number of rotatable bonds is 9. The first-order chi connectivity index (χ1) is 15.4. The molecule has 0 saturated carbocycles. The fourth-order valence-corrected chi connectivity index (χ4v) is 7.32. The van der Waals surface area contributed by atoms with Gasteiger partial charge in [0.05, 0.1) is 23.6 Å². The summed E-state index contributed by atoms with van der Waals surface area (Å²) in [5.74, 6) is -1.94. The molecule has 1 aromatic carbocycles.